The van der Waals surface area contributed by atoms with Gasteiger partial charge < -0.3 is 5.32 Å². The first-order chi connectivity index (χ1) is 12.6. The molecular formula is C17H14FN7O. The molecule has 0 atom stereocenters. The van der Waals surface area contributed by atoms with Crippen LogP contribution in [0.15, 0.2) is 49.1 Å². The minimum atomic E-state index is -0.364. The minimum Gasteiger partial charge on any atom is -0.318 e. The lowest BCUT2D eigenvalue weighted by Crippen LogP contribution is -2.17. The van der Waals surface area contributed by atoms with Gasteiger partial charge in [-0.1, -0.05) is 18.2 Å². The summed E-state index contributed by atoms with van der Waals surface area (Å²) < 4.78 is 16.7. The summed E-state index contributed by atoms with van der Waals surface area (Å²) in [6.45, 7) is 2.04. The second-order valence-corrected chi connectivity index (χ2v) is 5.73. The van der Waals surface area contributed by atoms with Gasteiger partial charge in [-0.2, -0.15) is 19.7 Å². The Morgan fingerprint density at radius 1 is 1.27 bits per heavy atom. The third-order valence-corrected chi connectivity index (χ3v) is 3.79. The number of nitrogens with one attached hydrogen (secondary N) is 1. The van der Waals surface area contributed by atoms with Gasteiger partial charge in [0.25, 0.3) is 11.7 Å². The van der Waals surface area contributed by atoms with Gasteiger partial charge in [-0.25, -0.2) is 9.37 Å². The number of rotatable bonds is 4. The van der Waals surface area contributed by atoms with E-state index in [9.17, 15) is 9.18 Å². The van der Waals surface area contributed by atoms with Crippen LogP contribution in [0, 0.1) is 12.7 Å². The summed E-state index contributed by atoms with van der Waals surface area (Å²) in [5.41, 5.74) is 1.98. The highest BCUT2D eigenvalue weighted by Crippen LogP contribution is 2.13. The Morgan fingerprint density at radius 3 is 2.96 bits per heavy atom. The molecule has 0 bridgehead atoms. The van der Waals surface area contributed by atoms with Crippen molar-refractivity contribution < 1.29 is 9.18 Å². The highest BCUT2D eigenvalue weighted by atomic mass is 19.1. The molecule has 0 unspecified atom stereocenters. The molecule has 0 aliphatic carbocycles. The fourth-order valence-corrected chi connectivity index (χ4v) is 2.60. The molecule has 0 spiro atoms. The van der Waals surface area contributed by atoms with Gasteiger partial charge in [0.2, 0.25) is 0 Å². The molecule has 0 saturated carbocycles. The van der Waals surface area contributed by atoms with E-state index < -0.39 is 0 Å². The van der Waals surface area contributed by atoms with Crippen molar-refractivity contribution in [2.45, 2.75) is 13.5 Å². The first-order valence-electron chi connectivity index (χ1n) is 7.85. The van der Waals surface area contributed by atoms with E-state index in [4.69, 9.17) is 0 Å². The number of aryl methyl sites for hydroxylation is 1. The van der Waals surface area contributed by atoms with Crippen molar-refractivity contribution in [2.75, 3.05) is 5.32 Å². The van der Waals surface area contributed by atoms with E-state index in [1.807, 2.05) is 0 Å². The highest BCUT2D eigenvalue weighted by Gasteiger charge is 2.14. The zero-order valence-electron chi connectivity index (χ0n) is 13.8. The van der Waals surface area contributed by atoms with Crippen LogP contribution in [0.25, 0.3) is 5.78 Å². The van der Waals surface area contributed by atoms with Gasteiger partial charge in [0, 0.05) is 17.5 Å². The number of benzene rings is 1. The van der Waals surface area contributed by atoms with Gasteiger partial charge in [0.1, 0.15) is 17.8 Å². The van der Waals surface area contributed by atoms with Crippen LogP contribution in [0.2, 0.25) is 0 Å². The Bertz CT molecular complexity index is 1100. The van der Waals surface area contributed by atoms with Gasteiger partial charge in [-0.15, -0.1) is 0 Å². The molecule has 8 nitrogen and oxygen atoms in total. The van der Waals surface area contributed by atoms with E-state index in [2.05, 4.69) is 25.5 Å². The molecule has 1 aromatic carbocycles. The molecule has 0 fully saturated rings. The lowest BCUT2D eigenvalue weighted by Gasteiger charge is -2.05. The molecule has 0 saturated heterocycles. The number of carbonyl (C=O) groups is 1. The monoisotopic (exact) mass is 351 g/mol. The maximum Gasteiger partial charge on any atom is 0.274 e. The number of hydrogen-bond acceptors (Lipinski definition) is 5. The van der Waals surface area contributed by atoms with Crippen molar-refractivity contribution in [2.24, 2.45) is 0 Å². The molecular weight excluding hydrogens is 337 g/mol. The van der Waals surface area contributed by atoms with Crippen LogP contribution < -0.4 is 5.32 Å². The Labute approximate surface area is 147 Å². The van der Waals surface area contributed by atoms with Crippen LogP contribution in [0.5, 0.6) is 0 Å². The van der Waals surface area contributed by atoms with Crippen LogP contribution >= 0.6 is 0 Å². The molecule has 3 heterocycles. The quantitative estimate of drug-likeness (QED) is 0.608. The maximum absolute atomic E-state index is 13.7. The van der Waals surface area contributed by atoms with Gasteiger partial charge in [0.05, 0.1) is 18.4 Å². The molecule has 1 amide bonds. The molecule has 0 aliphatic heterocycles. The van der Waals surface area contributed by atoms with E-state index in [-0.39, 0.29) is 18.3 Å². The Morgan fingerprint density at radius 2 is 2.12 bits per heavy atom. The summed E-state index contributed by atoms with van der Waals surface area (Å²) in [5.74, 6) is -0.309. The van der Waals surface area contributed by atoms with Gasteiger partial charge in [0.15, 0.2) is 0 Å². The predicted molar refractivity (Wildman–Crippen MR) is 91.2 cm³/mol. The zero-order valence-corrected chi connectivity index (χ0v) is 13.8. The summed E-state index contributed by atoms with van der Waals surface area (Å²) in [7, 11) is 0. The van der Waals surface area contributed by atoms with Crippen LogP contribution in [-0.2, 0) is 6.54 Å². The van der Waals surface area contributed by atoms with Crippen molar-refractivity contribution in [3.05, 3.63) is 71.8 Å². The van der Waals surface area contributed by atoms with Crippen molar-refractivity contribution in [3.8, 4) is 0 Å². The Kier molecular flexibility index (Phi) is 3.88. The second-order valence-electron chi connectivity index (χ2n) is 5.73. The summed E-state index contributed by atoms with van der Waals surface area (Å²) >= 11 is 0. The largest absolute Gasteiger partial charge is 0.318 e. The van der Waals surface area contributed by atoms with Crippen LogP contribution in [0.4, 0.5) is 10.1 Å². The summed E-state index contributed by atoms with van der Waals surface area (Å²) in [6.07, 6.45) is 4.48. The number of hydrogen-bond donors (Lipinski definition) is 1. The van der Waals surface area contributed by atoms with Crippen molar-refractivity contribution in [3.63, 3.8) is 0 Å². The van der Waals surface area contributed by atoms with Crippen LogP contribution in [-0.4, -0.2) is 35.3 Å². The zero-order chi connectivity index (χ0) is 18.1. The van der Waals surface area contributed by atoms with Crippen molar-refractivity contribution in [1.29, 1.82) is 0 Å². The molecule has 130 valence electrons. The van der Waals surface area contributed by atoms with Crippen LogP contribution in [0.1, 0.15) is 21.7 Å². The van der Waals surface area contributed by atoms with E-state index in [1.165, 1.54) is 23.1 Å². The fourth-order valence-electron chi connectivity index (χ4n) is 2.60. The van der Waals surface area contributed by atoms with Gasteiger partial charge >= 0.3 is 0 Å². The molecule has 3 aromatic heterocycles. The van der Waals surface area contributed by atoms with Crippen molar-refractivity contribution >= 4 is 17.4 Å². The Hall–Kier alpha value is -3.62. The standard InChI is InChI=1S/C17H14FN7O/c1-11-6-15(25-17(22-11)19-10-21-25)16(26)23-13-7-20-24(9-13)8-12-4-2-3-5-14(12)18/h2-7,9-10H,8H2,1H3,(H,23,26). The molecule has 1 N–H and O–H groups in total. The highest BCUT2D eigenvalue weighted by molar-refractivity contribution is 6.03. The summed E-state index contributed by atoms with van der Waals surface area (Å²) in [4.78, 5) is 20.8. The number of aromatic nitrogens is 6. The van der Waals surface area contributed by atoms with E-state index >= 15 is 0 Å². The number of halogens is 1. The smallest absolute Gasteiger partial charge is 0.274 e. The number of carbonyl (C=O) groups excluding carboxylic acids is 1. The number of amides is 1. The maximum atomic E-state index is 13.7. The predicted octanol–water partition coefficient (Wildman–Crippen LogP) is 2.07. The molecule has 0 radical (unpaired) electrons. The fraction of sp³-hybridized carbons (Fsp3) is 0.118. The van der Waals surface area contributed by atoms with Crippen molar-refractivity contribution in [1.82, 2.24) is 29.4 Å². The molecule has 4 aromatic rings. The first kappa shape index (κ1) is 15.9. The van der Waals surface area contributed by atoms with E-state index in [0.717, 1.165) is 0 Å². The third-order valence-electron chi connectivity index (χ3n) is 3.79. The number of nitrogens with zero attached hydrogens (tertiary/aromatic N) is 6. The van der Waals surface area contributed by atoms with Gasteiger partial charge in [-0.3, -0.25) is 9.48 Å². The first-order valence-corrected chi connectivity index (χ1v) is 7.85. The second kappa shape index (κ2) is 6.36. The normalized spacial score (nSPS) is 11.0. The topological polar surface area (TPSA) is 90.0 Å². The lowest BCUT2D eigenvalue weighted by atomic mass is 10.2. The third kappa shape index (κ3) is 3.02. The average molecular weight is 351 g/mol. The number of fused-ring (bicyclic) bond motifs is 1. The molecule has 4 rings (SSSR count). The van der Waals surface area contributed by atoms with E-state index in [1.54, 1.807) is 42.1 Å². The average Bonchev–Trinajstić information content (AvgIpc) is 3.25. The summed E-state index contributed by atoms with van der Waals surface area (Å²) in [5, 5.41) is 10.9. The van der Waals surface area contributed by atoms with E-state index in [0.29, 0.717) is 28.4 Å². The number of anilines is 1. The van der Waals surface area contributed by atoms with Gasteiger partial charge in [-0.05, 0) is 19.1 Å². The molecule has 9 heteroatoms. The summed E-state index contributed by atoms with van der Waals surface area (Å²) in [6, 6.07) is 8.11. The SMILES string of the molecule is Cc1cc(C(=O)Nc2cnn(Cc3ccccc3F)c2)n2ncnc2n1. The van der Waals surface area contributed by atoms with Crippen LogP contribution in [0.3, 0.4) is 0 Å². The molecule has 0 aliphatic rings. The minimum absolute atomic E-state index is 0.268. The molecule has 26 heavy (non-hydrogen) atoms. The lowest BCUT2D eigenvalue weighted by molar-refractivity contribution is 0.101. The Balaban J connectivity index is 1.54.